The van der Waals surface area contributed by atoms with Crippen molar-refractivity contribution in [1.82, 2.24) is 15.6 Å². The van der Waals surface area contributed by atoms with Gasteiger partial charge in [-0.2, -0.15) is 0 Å². The standard InChI is InChI=1S/C22H34N4O2S/c1-5-23-22(24-12-7-6-11-21-26-17(4)15-29-21)25-14-20(27)18-9-8-10-19(13-18)28-16(2)3/h8-10,13,15-16,20,27H,5-7,11-12,14H2,1-4H3,(H2,23,24,25). The Morgan fingerprint density at radius 3 is 2.79 bits per heavy atom. The predicted octanol–water partition coefficient (Wildman–Crippen LogP) is 3.85. The quantitative estimate of drug-likeness (QED) is 0.293. The molecule has 0 bridgehead atoms. The Hall–Kier alpha value is -2.12. The zero-order chi connectivity index (χ0) is 21.1. The van der Waals surface area contributed by atoms with E-state index in [-0.39, 0.29) is 6.10 Å². The summed E-state index contributed by atoms with van der Waals surface area (Å²) in [6.07, 6.45) is 2.57. The first kappa shape index (κ1) is 23.2. The van der Waals surface area contributed by atoms with E-state index in [0.29, 0.717) is 6.54 Å². The lowest BCUT2D eigenvalue weighted by Gasteiger charge is -2.15. The van der Waals surface area contributed by atoms with Crippen LogP contribution in [0.25, 0.3) is 0 Å². The fourth-order valence-electron chi connectivity index (χ4n) is 2.82. The first-order valence-electron chi connectivity index (χ1n) is 10.4. The van der Waals surface area contributed by atoms with Crippen molar-refractivity contribution in [2.75, 3.05) is 19.6 Å². The molecule has 1 aromatic carbocycles. The van der Waals surface area contributed by atoms with Gasteiger partial charge in [-0.05, 0) is 64.7 Å². The average molecular weight is 419 g/mol. The number of aliphatic hydroxyl groups is 1. The molecule has 0 aliphatic carbocycles. The van der Waals surface area contributed by atoms with Crippen molar-refractivity contribution in [2.45, 2.75) is 59.2 Å². The summed E-state index contributed by atoms with van der Waals surface area (Å²) in [7, 11) is 0. The number of hydrogen-bond donors (Lipinski definition) is 3. The summed E-state index contributed by atoms with van der Waals surface area (Å²) in [5.74, 6) is 1.49. The lowest BCUT2D eigenvalue weighted by molar-refractivity contribution is 0.185. The summed E-state index contributed by atoms with van der Waals surface area (Å²) in [4.78, 5) is 9.03. The van der Waals surface area contributed by atoms with Gasteiger partial charge in [-0.15, -0.1) is 11.3 Å². The van der Waals surface area contributed by atoms with Gasteiger partial charge in [-0.25, -0.2) is 4.98 Å². The molecule has 1 heterocycles. The van der Waals surface area contributed by atoms with E-state index >= 15 is 0 Å². The number of aromatic nitrogens is 1. The Bertz CT molecular complexity index is 761. The third-order valence-electron chi connectivity index (χ3n) is 4.16. The van der Waals surface area contributed by atoms with Gasteiger partial charge in [0.2, 0.25) is 0 Å². The molecule has 2 aromatic rings. The molecule has 7 heteroatoms. The normalized spacial score (nSPS) is 12.8. The average Bonchev–Trinajstić information content (AvgIpc) is 3.10. The number of hydrogen-bond acceptors (Lipinski definition) is 5. The van der Waals surface area contributed by atoms with E-state index in [0.717, 1.165) is 55.3 Å². The molecule has 1 atom stereocenters. The van der Waals surface area contributed by atoms with E-state index in [4.69, 9.17) is 4.74 Å². The van der Waals surface area contributed by atoms with Crippen molar-refractivity contribution < 1.29 is 9.84 Å². The minimum absolute atomic E-state index is 0.101. The summed E-state index contributed by atoms with van der Waals surface area (Å²) in [5.41, 5.74) is 1.91. The number of rotatable bonds is 11. The van der Waals surface area contributed by atoms with Crippen molar-refractivity contribution in [3.8, 4) is 5.75 Å². The van der Waals surface area contributed by atoms with E-state index in [1.54, 1.807) is 11.3 Å². The largest absolute Gasteiger partial charge is 0.491 e. The van der Waals surface area contributed by atoms with Gasteiger partial charge in [-0.1, -0.05) is 12.1 Å². The molecule has 3 N–H and O–H groups in total. The van der Waals surface area contributed by atoms with E-state index in [2.05, 4.69) is 26.0 Å². The number of ether oxygens (including phenoxy) is 1. The second-order valence-corrected chi connectivity index (χ2v) is 8.18. The monoisotopic (exact) mass is 418 g/mol. The lowest BCUT2D eigenvalue weighted by atomic mass is 10.1. The first-order chi connectivity index (χ1) is 14.0. The van der Waals surface area contributed by atoms with Crippen LogP contribution in [-0.2, 0) is 6.42 Å². The minimum Gasteiger partial charge on any atom is -0.491 e. The van der Waals surface area contributed by atoms with Crippen LogP contribution in [0.15, 0.2) is 34.6 Å². The molecular weight excluding hydrogens is 384 g/mol. The third-order valence-corrected chi connectivity index (χ3v) is 5.18. The van der Waals surface area contributed by atoms with Crippen molar-refractivity contribution in [2.24, 2.45) is 4.99 Å². The number of unbranched alkanes of at least 4 members (excludes halogenated alkanes) is 1. The molecule has 0 saturated heterocycles. The zero-order valence-corrected chi connectivity index (χ0v) is 18.8. The number of thiazole rings is 1. The van der Waals surface area contributed by atoms with Crippen molar-refractivity contribution >= 4 is 17.3 Å². The first-order valence-corrected chi connectivity index (χ1v) is 11.2. The summed E-state index contributed by atoms with van der Waals surface area (Å²) in [6.45, 7) is 9.94. The Balaban J connectivity index is 1.79. The Morgan fingerprint density at radius 2 is 2.10 bits per heavy atom. The highest BCUT2D eigenvalue weighted by Gasteiger charge is 2.09. The Morgan fingerprint density at radius 1 is 1.28 bits per heavy atom. The highest BCUT2D eigenvalue weighted by Crippen LogP contribution is 2.20. The van der Waals surface area contributed by atoms with Crippen LogP contribution < -0.4 is 15.4 Å². The van der Waals surface area contributed by atoms with E-state index in [1.165, 1.54) is 5.01 Å². The Kier molecular flexibility index (Phi) is 9.94. The van der Waals surface area contributed by atoms with Gasteiger partial charge in [0.1, 0.15) is 5.75 Å². The number of aryl methyl sites for hydroxylation is 2. The fraction of sp³-hybridized carbons (Fsp3) is 0.545. The highest BCUT2D eigenvalue weighted by molar-refractivity contribution is 7.09. The van der Waals surface area contributed by atoms with Crippen LogP contribution in [0.4, 0.5) is 0 Å². The molecule has 0 fully saturated rings. The smallest absolute Gasteiger partial charge is 0.191 e. The Labute approximate surface area is 178 Å². The zero-order valence-electron chi connectivity index (χ0n) is 17.9. The van der Waals surface area contributed by atoms with Crippen LogP contribution in [0.5, 0.6) is 5.75 Å². The maximum absolute atomic E-state index is 10.5. The number of benzene rings is 1. The molecule has 0 saturated carbocycles. The SMILES string of the molecule is CCNC(=NCC(O)c1cccc(OC(C)C)c1)NCCCCc1nc(C)cs1. The van der Waals surface area contributed by atoms with Gasteiger partial charge in [0, 0.05) is 24.2 Å². The van der Waals surface area contributed by atoms with Gasteiger partial charge < -0.3 is 20.5 Å². The van der Waals surface area contributed by atoms with E-state index in [1.807, 2.05) is 52.0 Å². The molecule has 1 unspecified atom stereocenters. The second-order valence-electron chi connectivity index (χ2n) is 7.24. The van der Waals surface area contributed by atoms with Crippen molar-refractivity contribution in [1.29, 1.82) is 0 Å². The molecule has 0 amide bonds. The number of guanidine groups is 1. The summed E-state index contributed by atoms with van der Waals surface area (Å²) in [6, 6.07) is 7.57. The van der Waals surface area contributed by atoms with Crippen LogP contribution in [0.1, 0.15) is 56.0 Å². The molecule has 0 radical (unpaired) electrons. The van der Waals surface area contributed by atoms with Gasteiger partial charge in [0.05, 0.1) is 23.8 Å². The number of aliphatic hydroxyl groups excluding tert-OH is 1. The molecule has 1 aromatic heterocycles. The molecular formula is C22H34N4O2S. The van der Waals surface area contributed by atoms with Crippen LogP contribution >= 0.6 is 11.3 Å². The van der Waals surface area contributed by atoms with Crippen molar-refractivity contribution in [3.63, 3.8) is 0 Å². The summed E-state index contributed by atoms with van der Waals surface area (Å²) < 4.78 is 5.70. The molecule has 29 heavy (non-hydrogen) atoms. The molecule has 0 aliphatic rings. The van der Waals surface area contributed by atoms with Crippen LogP contribution in [0, 0.1) is 6.92 Å². The van der Waals surface area contributed by atoms with E-state index in [9.17, 15) is 5.11 Å². The van der Waals surface area contributed by atoms with Gasteiger partial charge >= 0.3 is 0 Å². The number of aliphatic imine (C=N–C) groups is 1. The maximum Gasteiger partial charge on any atom is 0.191 e. The van der Waals surface area contributed by atoms with E-state index < -0.39 is 6.10 Å². The third kappa shape index (κ3) is 8.83. The van der Waals surface area contributed by atoms with Crippen molar-refractivity contribution in [3.05, 3.63) is 45.9 Å². The topological polar surface area (TPSA) is 78.8 Å². The lowest BCUT2D eigenvalue weighted by Crippen LogP contribution is -2.38. The predicted molar refractivity (Wildman–Crippen MR) is 121 cm³/mol. The highest BCUT2D eigenvalue weighted by atomic mass is 32.1. The second kappa shape index (κ2) is 12.4. The molecule has 6 nitrogen and oxygen atoms in total. The molecule has 0 aliphatic heterocycles. The molecule has 160 valence electrons. The number of nitrogens with one attached hydrogen (secondary N) is 2. The molecule has 0 spiro atoms. The van der Waals surface area contributed by atoms with Crippen LogP contribution in [0.3, 0.4) is 0 Å². The summed E-state index contributed by atoms with van der Waals surface area (Å²) >= 11 is 1.73. The van der Waals surface area contributed by atoms with Gasteiger partial charge in [-0.3, -0.25) is 4.99 Å². The summed E-state index contributed by atoms with van der Waals surface area (Å²) in [5, 5.41) is 20.4. The maximum atomic E-state index is 10.5. The molecule has 2 rings (SSSR count). The minimum atomic E-state index is -0.672. The van der Waals surface area contributed by atoms with Crippen LogP contribution in [-0.4, -0.2) is 41.8 Å². The fourth-order valence-corrected chi connectivity index (χ4v) is 3.64. The van der Waals surface area contributed by atoms with Crippen LogP contribution in [0.2, 0.25) is 0 Å². The van der Waals surface area contributed by atoms with Gasteiger partial charge in [0.25, 0.3) is 0 Å². The number of nitrogens with zero attached hydrogens (tertiary/aromatic N) is 2. The van der Waals surface area contributed by atoms with Gasteiger partial charge in [0.15, 0.2) is 5.96 Å².